The first-order valence-electron chi connectivity index (χ1n) is 6.26. The number of nitrogens with zero attached hydrogens (tertiary/aromatic N) is 1. The van der Waals surface area contributed by atoms with Gasteiger partial charge < -0.3 is 9.94 Å². The molecule has 1 aromatic rings. The number of aryl methyl sites for hydroxylation is 1. The van der Waals surface area contributed by atoms with Crippen LogP contribution in [0, 0.1) is 12.3 Å². The summed E-state index contributed by atoms with van der Waals surface area (Å²) >= 11 is 0. The van der Waals surface area contributed by atoms with Crippen LogP contribution in [0.2, 0.25) is 0 Å². The smallest absolute Gasteiger partial charge is 0.128 e. The SMILES string of the molecule is CC(=NO)c1cc(C)ccc1OCCC(C)(C)C. The quantitative estimate of drug-likeness (QED) is 0.497. The summed E-state index contributed by atoms with van der Waals surface area (Å²) in [4.78, 5) is 0. The zero-order valence-electron chi connectivity index (χ0n) is 11.9. The largest absolute Gasteiger partial charge is 0.493 e. The second-order valence-electron chi connectivity index (χ2n) is 5.84. The first-order valence-corrected chi connectivity index (χ1v) is 6.26. The van der Waals surface area contributed by atoms with Crippen LogP contribution in [-0.4, -0.2) is 17.5 Å². The molecule has 1 rings (SSSR count). The zero-order chi connectivity index (χ0) is 13.8. The Hall–Kier alpha value is -1.51. The minimum absolute atomic E-state index is 0.255. The Morgan fingerprint density at radius 2 is 2.00 bits per heavy atom. The molecule has 18 heavy (non-hydrogen) atoms. The second kappa shape index (κ2) is 5.89. The van der Waals surface area contributed by atoms with Gasteiger partial charge in [0.05, 0.1) is 12.3 Å². The van der Waals surface area contributed by atoms with Crippen molar-refractivity contribution in [2.45, 2.75) is 41.0 Å². The number of oxime groups is 1. The van der Waals surface area contributed by atoms with E-state index >= 15 is 0 Å². The lowest BCUT2D eigenvalue weighted by molar-refractivity contribution is 0.242. The van der Waals surface area contributed by atoms with Crippen molar-refractivity contribution >= 4 is 5.71 Å². The molecular weight excluding hydrogens is 226 g/mol. The van der Waals surface area contributed by atoms with Gasteiger partial charge in [0.15, 0.2) is 0 Å². The summed E-state index contributed by atoms with van der Waals surface area (Å²) in [6.45, 7) is 11.0. The van der Waals surface area contributed by atoms with Crippen molar-refractivity contribution in [2.75, 3.05) is 6.61 Å². The van der Waals surface area contributed by atoms with E-state index in [1.54, 1.807) is 6.92 Å². The lowest BCUT2D eigenvalue weighted by Crippen LogP contribution is -2.12. The fraction of sp³-hybridized carbons (Fsp3) is 0.533. The molecule has 0 saturated carbocycles. The topological polar surface area (TPSA) is 41.8 Å². The van der Waals surface area contributed by atoms with Gasteiger partial charge in [-0.2, -0.15) is 0 Å². The second-order valence-corrected chi connectivity index (χ2v) is 5.84. The molecule has 0 radical (unpaired) electrons. The summed E-state index contributed by atoms with van der Waals surface area (Å²) in [6, 6.07) is 5.91. The number of hydrogen-bond acceptors (Lipinski definition) is 3. The van der Waals surface area contributed by atoms with Gasteiger partial charge >= 0.3 is 0 Å². The van der Waals surface area contributed by atoms with Crippen molar-refractivity contribution in [1.29, 1.82) is 0 Å². The van der Waals surface area contributed by atoms with Crippen LogP contribution in [0.25, 0.3) is 0 Å². The van der Waals surface area contributed by atoms with E-state index in [9.17, 15) is 0 Å². The lowest BCUT2D eigenvalue weighted by Gasteiger charge is -2.19. The standard InChI is InChI=1S/C15H23NO2/c1-11-6-7-14(13(10-11)12(2)16-17)18-9-8-15(3,4)5/h6-7,10,17H,8-9H2,1-5H3. The predicted octanol–water partition coefficient (Wildman–Crippen LogP) is 4.01. The average molecular weight is 249 g/mol. The molecule has 0 atom stereocenters. The highest BCUT2D eigenvalue weighted by Gasteiger charge is 2.12. The first-order chi connectivity index (χ1) is 8.33. The Kier molecular flexibility index (Phi) is 4.76. The molecular formula is C15H23NO2. The van der Waals surface area contributed by atoms with Gasteiger partial charge in [-0.25, -0.2) is 0 Å². The van der Waals surface area contributed by atoms with Gasteiger partial charge in [0.1, 0.15) is 5.75 Å². The minimum Gasteiger partial charge on any atom is -0.493 e. The van der Waals surface area contributed by atoms with Crippen molar-refractivity contribution in [1.82, 2.24) is 0 Å². The molecule has 1 N–H and O–H groups in total. The van der Waals surface area contributed by atoms with Crippen molar-refractivity contribution in [3.05, 3.63) is 29.3 Å². The van der Waals surface area contributed by atoms with Gasteiger partial charge in [-0.1, -0.05) is 37.6 Å². The van der Waals surface area contributed by atoms with Crippen LogP contribution < -0.4 is 4.74 Å². The monoisotopic (exact) mass is 249 g/mol. The number of rotatable bonds is 4. The maximum atomic E-state index is 8.89. The fourth-order valence-electron chi connectivity index (χ4n) is 1.57. The van der Waals surface area contributed by atoms with Gasteiger partial charge in [0, 0.05) is 5.56 Å². The molecule has 0 aliphatic rings. The zero-order valence-corrected chi connectivity index (χ0v) is 11.9. The van der Waals surface area contributed by atoms with Crippen molar-refractivity contribution in [2.24, 2.45) is 10.6 Å². The van der Waals surface area contributed by atoms with E-state index < -0.39 is 0 Å². The Labute approximate surface area is 109 Å². The molecule has 0 aliphatic heterocycles. The van der Waals surface area contributed by atoms with Gasteiger partial charge in [-0.15, -0.1) is 0 Å². The lowest BCUT2D eigenvalue weighted by atomic mass is 9.93. The maximum Gasteiger partial charge on any atom is 0.128 e. The molecule has 0 bridgehead atoms. The van der Waals surface area contributed by atoms with Gasteiger partial charge in [0.25, 0.3) is 0 Å². The van der Waals surface area contributed by atoms with E-state index in [4.69, 9.17) is 9.94 Å². The van der Waals surface area contributed by atoms with Crippen molar-refractivity contribution < 1.29 is 9.94 Å². The van der Waals surface area contributed by atoms with Crippen LogP contribution in [0.15, 0.2) is 23.4 Å². The summed E-state index contributed by atoms with van der Waals surface area (Å²) in [5, 5.41) is 12.1. The molecule has 3 heteroatoms. The third kappa shape index (κ3) is 4.40. The highest BCUT2D eigenvalue weighted by molar-refractivity contribution is 6.00. The molecule has 0 amide bonds. The molecule has 100 valence electrons. The summed E-state index contributed by atoms with van der Waals surface area (Å²) in [5.74, 6) is 0.778. The Morgan fingerprint density at radius 3 is 2.56 bits per heavy atom. The van der Waals surface area contributed by atoms with Crippen molar-refractivity contribution in [3.8, 4) is 5.75 Å². The molecule has 0 saturated heterocycles. The van der Waals surface area contributed by atoms with Gasteiger partial charge in [0.2, 0.25) is 0 Å². The Balaban J connectivity index is 2.82. The van der Waals surface area contributed by atoms with Gasteiger partial charge in [-0.05, 0) is 37.8 Å². The van der Waals surface area contributed by atoms with E-state index in [-0.39, 0.29) is 5.41 Å². The van der Waals surface area contributed by atoms with Crippen LogP contribution in [0.3, 0.4) is 0 Å². The van der Waals surface area contributed by atoms with Crippen LogP contribution in [-0.2, 0) is 0 Å². The predicted molar refractivity (Wildman–Crippen MR) is 74.7 cm³/mol. The normalized spacial score (nSPS) is 12.6. The molecule has 1 aromatic carbocycles. The fourth-order valence-corrected chi connectivity index (χ4v) is 1.57. The molecule has 3 nitrogen and oxygen atoms in total. The van der Waals surface area contributed by atoms with E-state index in [1.807, 2.05) is 25.1 Å². The van der Waals surface area contributed by atoms with Crippen LogP contribution in [0.1, 0.15) is 45.2 Å². The average Bonchev–Trinajstić information content (AvgIpc) is 2.28. The third-order valence-electron chi connectivity index (χ3n) is 2.78. The van der Waals surface area contributed by atoms with Gasteiger partial charge in [-0.3, -0.25) is 0 Å². The third-order valence-corrected chi connectivity index (χ3v) is 2.78. The molecule has 0 aromatic heterocycles. The van der Waals surface area contributed by atoms with E-state index in [0.717, 1.165) is 23.3 Å². The molecule has 0 unspecified atom stereocenters. The first kappa shape index (κ1) is 14.6. The summed E-state index contributed by atoms with van der Waals surface area (Å²) in [6.07, 6.45) is 0.982. The molecule has 0 aliphatic carbocycles. The van der Waals surface area contributed by atoms with E-state index in [0.29, 0.717) is 12.3 Å². The number of benzene rings is 1. The molecule has 0 spiro atoms. The Bertz CT molecular complexity index is 431. The van der Waals surface area contributed by atoms with Crippen LogP contribution in [0.4, 0.5) is 0 Å². The van der Waals surface area contributed by atoms with Crippen LogP contribution in [0.5, 0.6) is 5.75 Å². The van der Waals surface area contributed by atoms with E-state index in [2.05, 4.69) is 25.9 Å². The highest BCUT2D eigenvalue weighted by Crippen LogP contribution is 2.23. The summed E-state index contributed by atoms with van der Waals surface area (Å²) < 4.78 is 5.80. The van der Waals surface area contributed by atoms with E-state index in [1.165, 1.54) is 0 Å². The van der Waals surface area contributed by atoms with Crippen molar-refractivity contribution in [3.63, 3.8) is 0 Å². The number of ether oxygens (including phenoxy) is 1. The number of hydrogen-bond donors (Lipinski definition) is 1. The van der Waals surface area contributed by atoms with Crippen LogP contribution >= 0.6 is 0 Å². The maximum absolute atomic E-state index is 8.89. The minimum atomic E-state index is 0.255. The summed E-state index contributed by atoms with van der Waals surface area (Å²) in [5.41, 5.74) is 2.80. The molecule has 0 fully saturated rings. The Morgan fingerprint density at radius 1 is 1.33 bits per heavy atom. The summed E-state index contributed by atoms with van der Waals surface area (Å²) in [7, 11) is 0. The molecule has 0 heterocycles. The highest BCUT2D eigenvalue weighted by atomic mass is 16.5.